The molecule has 0 aromatic rings. The summed E-state index contributed by atoms with van der Waals surface area (Å²) in [6, 6.07) is 0.151. The highest BCUT2D eigenvalue weighted by Gasteiger charge is 2.28. The molecule has 3 aliphatic rings. The monoisotopic (exact) mass is 352 g/mol. The lowest BCUT2D eigenvalue weighted by molar-refractivity contribution is -0.130. The van der Waals surface area contributed by atoms with Crippen molar-refractivity contribution in [3.8, 4) is 0 Å². The number of ether oxygens (including phenoxy) is 1. The standard InChI is InChI=1S/C18H32N4O3/c1-2-21-7-3-8-22(13-17(21)23)18(24)19-16-4-9-20(10-5-16)12-15-6-11-25-14-15/h15-16H,2-14H2,1H3,(H,19,24). The van der Waals surface area contributed by atoms with E-state index in [1.807, 2.05) is 11.8 Å². The molecule has 3 aliphatic heterocycles. The number of likely N-dealkylation sites (N-methyl/N-ethyl adjacent to an activating group) is 1. The number of carbonyl (C=O) groups excluding carboxylic acids is 2. The minimum absolute atomic E-state index is 0.0590. The molecule has 7 nitrogen and oxygen atoms in total. The number of likely N-dealkylation sites (tertiary alicyclic amines) is 1. The molecular formula is C18H32N4O3. The van der Waals surface area contributed by atoms with Crippen molar-refractivity contribution in [3.05, 3.63) is 0 Å². The lowest BCUT2D eigenvalue weighted by atomic mass is 10.0. The fourth-order valence-corrected chi connectivity index (χ4v) is 4.05. The van der Waals surface area contributed by atoms with Gasteiger partial charge in [0.25, 0.3) is 0 Å². The molecule has 3 rings (SSSR count). The van der Waals surface area contributed by atoms with Crippen LogP contribution in [0.4, 0.5) is 4.79 Å². The van der Waals surface area contributed by atoms with Gasteiger partial charge in [-0.25, -0.2) is 4.79 Å². The molecule has 142 valence electrons. The molecular weight excluding hydrogens is 320 g/mol. The number of nitrogens with zero attached hydrogens (tertiary/aromatic N) is 3. The zero-order valence-electron chi connectivity index (χ0n) is 15.4. The van der Waals surface area contributed by atoms with E-state index in [0.717, 1.165) is 65.2 Å². The van der Waals surface area contributed by atoms with Crippen LogP contribution >= 0.6 is 0 Å². The van der Waals surface area contributed by atoms with Crippen molar-refractivity contribution in [1.29, 1.82) is 0 Å². The summed E-state index contributed by atoms with van der Waals surface area (Å²) in [5, 5.41) is 3.15. The van der Waals surface area contributed by atoms with E-state index in [-0.39, 0.29) is 24.5 Å². The van der Waals surface area contributed by atoms with Crippen LogP contribution < -0.4 is 5.32 Å². The number of hydrogen-bond donors (Lipinski definition) is 1. The van der Waals surface area contributed by atoms with Crippen LogP contribution in [0.1, 0.15) is 32.6 Å². The van der Waals surface area contributed by atoms with Crippen LogP contribution in [0.2, 0.25) is 0 Å². The number of carbonyl (C=O) groups is 2. The van der Waals surface area contributed by atoms with Crippen LogP contribution in [0.5, 0.6) is 0 Å². The van der Waals surface area contributed by atoms with Gasteiger partial charge in [-0.2, -0.15) is 0 Å². The molecule has 0 bridgehead atoms. The first-order valence-electron chi connectivity index (χ1n) is 9.79. The molecule has 1 N–H and O–H groups in total. The first-order valence-corrected chi connectivity index (χ1v) is 9.79. The van der Waals surface area contributed by atoms with Crippen molar-refractivity contribution in [1.82, 2.24) is 20.0 Å². The third-order valence-electron chi connectivity index (χ3n) is 5.66. The van der Waals surface area contributed by atoms with E-state index in [9.17, 15) is 9.59 Å². The Bertz CT molecular complexity index is 459. The van der Waals surface area contributed by atoms with Gasteiger partial charge < -0.3 is 24.8 Å². The molecule has 1 atom stereocenters. The number of amides is 3. The Balaban J connectivity index is 1.40. The van der Waals surface area contributed by atoms with Gasteiger partial charge in [0.1, 0.15) is 6.54 Å². The Labute approximate surface area is 150 Å². The summed E-state index contributed by atoms with van der Waals surface area (Å²) >= 11 is 0. The molecule has 25 heavy (non-hydrogen) atoms. The molecule has 3 saturated heterocycles. The maximum absolute atomic E-state index is 12.5. The van der Waals surface area contributed by atoms with Gasteiger partial charge in [-0.3, -0.25) is 4.79 Å². The van der Waals surface area contributed by atoms with Crippen molar-refractivity contribution < 1.29 is 14.3 Å². The second kappa shape index (κ2) is 8.85. The molecule has 0 aliphatic carbocycles. The number of rotatable bonds is 4. The van der Waals surface area contributed by atoms with Gasteiger partial charge in [-0.1, -0.05) is 0 Å². The lowest BCUT2D eigenvalue weighted by Crippen LogP contribution is -2.51. The zero-order chi connectivity index (χ0) is 17.6. The minimum atomic E-state index is -0.0751. The van der Waals surface area contributed by atoms with E-state index in [1.165, 1.54) is 6.42 Å². The minimum Gasteiger partial charge on any atom is -0.381 e. The average molecular weight is 352 g/mol. The highest BCUT2D eigenvalue weighted by atomic mass is 16.5. The van der Waals surface area contributed by atoms with Gasteiger partial charge in [0, 0.05) is 51.9 Å². The SMILES string of the molecule is CCN1CCCN(C(=O)NC2CCN(CC3CCOC3)CC2)CC1=O. The lowest BCUT2D eigenvalue weighted by Gasteiger charge is -2.34. The average Bonchev–Trinajstić information content (AvgIpc) is 3.04. The Morgan fingerprint density at radius 2 is 2.00 bits per heavy atom. The molecule has 1 unspecified atom stereocenters. The highest BCUT2D eigenvalue weighted by Crippen LogP contribution is 2.18. The highest BCUT2D eigenvalue weighted by molar-refractivity contribution is 5.84. The van der Waals surface area contributed by atoms with Crippen LogP contribution in [-0.2, 0) is 9.53 Å². The van der Waals surface area contributed by atoms with Crippen LogP contribution in [-0.4, -0.2) is 91.7 Å². The molecule has 0 spiro atoms. The van der Waals surface area contributed by atoms with E-state index in [1.54, 1.807) is 4.90 Å². The number of nitrogens with one attached hydrogen (secondary N) is 1. The number of urea groups is 1. The first kappa shape index (κ1) is 18.5. The van der Waals surface area contributed by atoms with Crippen LogP contribution in [0.15, 0.2) is 0 Å². The molecule has 3 amide bonds. The van der Waals surface area contributed by atoms with Gasteiger partial charge >= 0.3 is 6.03 Å². The van der Waals surface area contributed by atoms with Gasteiger partial charge in [-0.15, -0.1) is 0 Å². The summed E-state index contributed by atoms with van der Waals surface area (Å²) in [5.74, 6) is 0.736. The van der Waals surface area contributed by atoms with Gasteiger partial charge in [-0.05, 0) is 38.5 Å². The van der Waals surface area contributed by atoms with Crippen LogP contribution in [0, 0.1) is 5.92 Å². The molecule has 0 saturated carbocycles. The van der Waals surface area contributed by atoms with Gasteiger partial charge in [0.15, 0.2) is 0 Å². The summed E-state index contributed by atoms with van der Waals surface area (Å²) < 4.78 is 5.45. The Morgan fingerprint density at radius 3 is 2.68 bits per heavy atom. The molecule has 7 heteroatoms. The second-order valence-corrected chi connectivity index (χ2v) is 7.50. The fraction of sp³-hybridized carbons (Fsp3) is 0.889. The number of hydrogen-bond acceptors (Lipinski definition) is 4. The quantitative estimate of drug-likeness (QED) is 0.811. The van der Waals surface area contributed by atoms with E-state index >= 15 is 0 Å². The topological polar surface area (TPSA) is 65.1 Å². The van der Waals surface area contributed by atoms with Crippen molar-refractivity contribution in [2.75, 3.05) is 59.0 Å². The zero-order valence-corrected chi connectivity index (χ0v) is 15.4. The van der Waals surface area contributed by atoms with E-state index in [4.69, 9.17) is 4.74 Å². The molecule has 3 fully saturated rings. The molecule has 0 aromatic carbocycles. The van der Waals surface area contributed by atoms with Crippen LogP contribution in [0.25, 0.3) is 0 Å². The normalized spacial score (nSPS) is 26.8. The summed E-state index contributed by atoms with van der Waals surface area (Å²) in [5.41, 5.74) is 0. The maximum atomic E-state index is 12.5. The first-order chi connectivity index (χ1) is 12.2. The molecule has 3 heterocycles. The fourth-order valence-electron chi connectivity index (χ4n) is 4.05. The van der Waals surface area contributed by atoms with E-state index < -0.39 is 0 Å². The Hall–Kier alpha value is -1.34. The van der Waals surface area contributed by atoms with E-state index in [2.05, 4.69) is 10.2 Å². The van der Waals surface area contributed by atoms with Gasteiger partial charge in [0.2, 0.25) is 5.91 Å². The van der Waals surface area contributed by atoms with Crippen molar-refractivity contribution >= 4 is 11.9 Å². The van der Waals surface area contributed by atoms with Crippen molar-refractivity contribution in [2.24, 2.45) is 5.92 Å². The third-order valence-corrected chi connectivity index (χ3v) is 5.66. The predicted molar refractivity (Wildman–Crippen MR) is 95.4 cm³/mol. The summed E-state index contributed by atoms with van der Waals surface area (Å²) in [4.78, 5) is 30.7. The summed E-state index contributed by atoms with van der Waals surface area (Å²) in [6.45, 7) is 9.31. The summed E-state index contributed by atoms with van der Waals surface area (Å²) in [7, 11) is 0. The maximum Gasteiger partial charge on any atom is 0.318 e. The van der Waals surface area contributed by atoms with E-state index in [0.29, 0.717) is 12.5 Å². The largest absolute Gasteiger partial charge is 0.381 e. The Morgan fingerprint density at radius 1 is 1.20 bits per heavy atom. The third kappa shape index (κ3) is 5.07. The Kier molecular flexibility index (Phi) is 6.53. The summed E-state index contributed by atoms with van der Waals surface area (Å²) in [6.07, 6.45) is 4.01. The molecule has 0 radical (unpaired) electrons. The van der Waals surface area contributed by atoms with Crippen molar-refractivity contribution in [2.45, 2.75) is 38.6 Å². The molecule has 0 aromatic heterocycles. The van der Waals surface area contributed by atoms with Gasteiger partial charge in [0.05, 0.1) is 6.61 Å². The smallest absolute Gasteiger partial charge is 0.318 e. The van der Waals surface area contributed by atoms with Crippen LogP contribution in [0.3, 0.4) is 0 Å². The predicted octanol–water partition coefficient (Wildman–Crippen LogP) is 0.751. The second-order valence-electron chi connectivity index (χ2n) is 7.50. The van der Waals surface area contributed by atoms with Crippen molar-refractivity contribution in [3.63, 3.8) is 0 Å². The number of piperidine rings is 1.